The second kappa shape index (κ2) is 7.05. The SMILES string of the molecule is CC(C)(C)OC(=O)N[C@H]1C[C@@H](CC(=O)O/N=C(\N)C(F)(F)F)C1. The molecule has 23 heavy (non-hydrogen) atoms. The minimum atomic E-state index is -4.83. The fraction of sp³-hybridized carbons (Fsp3) is 0.769. The number of oxime groups is 1. The van der Waals surface area contributed by atoms with Crippen molar-refractivity contribution in [2.45, 2.75) is 57.9 Å². The number of halogens is 3. The second-order valence-corrected chi connectivity index (χ2v) is 6.32. The summed E-state index contributed by atoms with van der Waals surface area (Å²) in [6.07, 6.45) is -4.47. The third-order valence-corrected chi connectivity index (χ3v) is 2.95. The van der Waals surface area contributed by atoms with Gasteiger partial charge in [-0.3, -0.25) is 0 Å². The lowest BCUT2D eigenvalue weighted by molar-refractivity contribution is -0.146. The lowest BCUT2D eigenvalue weighted by Gasteiger charge is -2.35. The van der Waals surface area contributed by atoms with Crippen LogP contribution in [0, 0.1) is 5.92 Å². The van der Waals surface area contributed by atoms with Gasteiger partial charge in [0.15, 0.2) is 0 Å². The number of rotatable bonds is 4. The molecule has 0 aromatic carbocycles. The van der Waals surface area contributed by atoms with Crippen LogP contribution in [0.15, 0.2) is 5.16 Å². The summed E-state index contributed by atoms with van der Waals surface area (Å²) in [5, 5.41) is 5.18. The fourth-order valence-electron chi connectivity index (χ4n) is 1.92. The normalized spacial score (nSPS) is 22.1. The molecule has 1 rings (SSSR count). The summed E-state index contributed by atoms with van der Waals surface area (Å²) in [6, 6.07) is -0.133. The number of hydrogen-bond acceptors (Lipinski definition) is 5. The lowest BCUT2D eigenvalue weighted by atomic mass is 9.78. The minimum Gasteiger partial charge on any atom is -0.444 e. The molecule has 1 aliphatic carbocycles. The zero-order chi connectivity index (χ0) is 17.8. The molecule has 0 unspecified atom stereocenters. The number of amidine groups is 1. The summed E-state index contributed by atoms with van der Waals surface area (Å²) in [5.41, 5.74) is 3.99. The molecule has 0 heterocycles. The highest BCUT2D eigenvalue weighted by Gasteiger charge is 2.36. The molecule has 7 nitrogen and oxygen atoms in total. The number of nitrogens with one attached hydrogen (secondary N) is 1. The number of alkyl halides is 3. The molecule has 0 bridgehead atoms. The first kappa shape index (κ1) is 19.0. The van der Waals surface area contributed by atoms with Crippen LogP contribution >= 0.6 is 0 Å². The van der Waals surface area contributed by atoms with Crippen LogP contribution in [0.3, 0.4) is 0 Å². The Bertz CT molecular complexity index is 480. The van der Waals surface area contributed by atoms with E-state index in [1.54, 1.807) is 20.8 Å². The third kappa shape index (κ3) is 7.20. The number of carbonyl (C=O) groups excluding carboxylic acids is 2. The van der Waals surface area contributed by atoms with Crippen molar-refractivity contribution < 1.29 is 32.3 Å². The van der Waals surface area contributed by atoms with Gasteiger partial charge < -0.3 is 20.6 Å². The van der Waals surface area contributed by atoms with E-state index >= 15 is 0 Å². The van der Waals surface area contributed by atoms with Gasteiger partial charge in [0.25, 0.3) is 0 Å². The topological polar surface area (TPSA) is 103 Å². The molecule has 3 N–H and O–H groups in total. The largest absolute Gasteiger partial charge is 0.452 e. The Labute approximate surface area is 131 Å². The number of ether oxygens (including phenoxy) is 1. The molecule has 1 fully saturated rings. The second-order valence-electron chi connectivity index (χ2n) is 6.32. The van der Waals surface area contributed by atoms with Gasteiger partial charge in [0.2, 0.25) is 5.84 Å². The van der Waals surface area contributed by atoms with Crippen LogP contribution in [0.25, 0.3) is 0 Å². The average Bonchev–Trinajstić information content (AvgIpc) is 2.29. The van der Waals surface area contributed by atoms with Gasteiger partial charge in [0.1, 0.15) is 5.60 Å². The summed E-state index contributed by atoms with van der Waals surface area (Å²) >= 11 is 0. The zero-order valence-corrected chi connectivity index (χ0v) is 13.1. The van der Waals surface area contributed by atoms with E-state index in [2.05, 4.69) is 21.0 Å². The fourth-order valence-corrected chi connectivity index (χ4v) is 1.92. The number of amides is 1. The van der Waals surface area contributed by atoms with Crippen LogP contribution < -0.4 is 11.1 Å². The highest BCUT2D eigenvalue weighted by atomic mass is 19.4. The first-order valence-electron chi connectivity index (χ1n) is 6.97. The van der Waals surface area contributed by atoms with Gasteiger partial charge in [0, 0.05) is 6.04 Å². The maximum Gasteiger partial charge on any atom is 0.452 e. The maximum atomic E-state index is 12.0. The van der Waals surface area contributed by atoms with Crippen molar-refractivity contribution in [1.82, 2.24) is 5.32 Å². The van der Waals surface area contributed by atoms with Gasteiger partial charge >= 0.3 is 18.2 Å². The first-order valence-corrected chi connectivity index (χ1v) is 6.97. The Morgan fingerprint density at radius 1 is 1.26 bits per heavy atom. The minimum absolute atomic E-state index is 0.0928. The predicted molar refractivity (Wildman–Crippen MR) is 74.3 cm³/mol. The van der Waals surface area contributed by atoms with E-state index in [1.807, 2.05) is 0 Å². The molecule has 0 aromatic heterocycles. The average molecular weight is 339 g/mol. The Balaban J connectivity index is 2.25. The van der Waals surface area contributed by atoms with E-state index in [9.17, 15) is 22.8 Å². The van der Waals surface area contributed by atoms with Crippen LogP contribution in [0.2, 0.25) is 0 Å². The van der Waals surface area contributed by atoms with E-state index in [0.29, 0.717) is 12.8 Å². The smallest absolute Gasteiger partial charge is 0.444 e. The molecule has 0 aliphatic heterocycles. The van der Waals surface area contributed by atoms with Crippen molar-refractivity contribution >= 4 is 17.9 Å². The molecular weight excluding hydrogens is 319 g/mol. The summed E-state index contributed by atoms with van der Waals surface area (Å²) in [5.74, 6) is -2.72. The van der Waals surface area contributed by atoms with E-state index in [-0.39, 0.29) is 18.4 Å². The molecule has 0 radical (unpaired) electrons. The number of nitrogens with zero attached hydrogens (tertiary/aromatic N) is 1. The quantitative estimate of drug-likeness (QED) is 0.353. The van der Waals surface area contributed by atoms with E-state index in [4.69, 9.17) is 4.74 Å². The Morgan fingerprint density at radius 2 is 1.83 bits per heavy atom. The van der Waals surface area contributed by atoms with Crippen molar-refractivity contribution in [1.29, 1.82) is 0 Å². The van der Waals surface area contributed by atoms with Crippen LogP contribution in [-0.4, -0.2) is 35.7 Å². The van der Waals surface area contributed by atoms with E-state index < -0.39 is 29.7 Å². The maximum absolute atomic E-state index is 12.0. The van der Waals surface area contributed by atoms with Gasteiger partial charge in [-0.05, 0) is 39.5 Å². The van der Waals surface area contributed by atoms with Gasteiger partial charge in [-0.2, -0.15) is 13.2 Å². The van der Waals surface area contributed by atoms with Crippen molar-refractivity contribution in [3.8, 4) is 0 Å². The Kier molecular flexibility index (Phi) is 5.84. The molecule has 10 heteroatoms. The Morgan fingerprint density at radius 3 is 2.30 bits per heavy atom. The van der Waals surface area contributed by atoms with Crippen molar-refractivity contribution in [3.63, 3.8) is 0 Å². The number of alkyl carbamates (subject to hydrolysis) is 1. The van der Waals surface area contributed by atoms with Gasteiger partial charge in [-0.25, -0.2) is 9.59 Å². The lowest BCUT2D eigenvalue weighted by Crippen LogP contribution is -2.46. The summed E-state index contributed by atoms with van der Waals surface area (Å²) in [7, 11) is 0. The van der Waals surface area contributed by atoms with Crippen LogP contribution in [0.5, 0.6) is 0 Å². The molecule has 1 saturated carbocycles. The van der Waals surface area contributed by atoms with Crippen molar-refractivity contribution in [3.05, 3.63) is 0 Å². The van der Waals surface area contributed by atoms with Crippen LogP contribution in [-0.2, 0) is 14.4 Å². The summed E-state index contributed by atoms with van der Waals surface area (Å²) < 4.78 is 41.2. The van der Waals surface area contributed by atoms with Crippen LogP contribution in [0.1, 0.15) is 40.0 Å². The van der Waals surface area contributed by atoms with Gasteiger partial charge in [-0.15, -0.1) is 0 Å². The summed E-state index contributed by atoms with van der Waals surface area (Å²) in [4.78, 5) is 26.9. The molecule has 0 atom stereocenters. The van der Waals surface area contributed by atoms with Crippen LogP contribution in [0.4, 0.5) is 18.0 Å². The monoisotopic (exact) mass is 339 g/mol. The van der Waals surface area contributed by atoms with Crippen molar-refractivity contribution in [2.24, 2.45) is 16.8 Å². The highest BCUT2D eigenvalue weighted by molar-refractivity contribution is 5.86. The standard InChI is InChI=1S/C13H20F3N3O4/c1-12(2,3)22-11(21)18-8-4-7(5-8)6-9(20)23-19-10(17)13(14,15)16/h7-8H,4-6H2,1-3H3,(H2,17,19)(H,18,21)/t7-,8+. The molecule has 0 spiro atoms. The molecule has 132 valence electrons. The van der Waals surface area contributed by atoms with Crippen molar-refractivity contribution in [2.75, 3.05) is 0 Å². The summed E-state index contributed by atoms with van der Waals surface area (Å²) in [6.45, 7) is 5.21. The number of carbonyl (C=O) groups is 2. The molecule has 0 saturated heterocycles. The Hall–Kier alpha value is -2.00. The van der Waals surface area contributed by atoms with E-state index in [1.165, 1.54) is 0 Å². The van der Waals surface area contributed by atoms with Gasteiger partial charge in [0.05, 0.1) is 6.42 Å². The molecule has 0 aromatic rings. The third-order valence-electron chi connectivity index (χ3n) is 2.95. The predicted octanol–water partition coefficient (Wildman–Crippen LogP) is 2.06. The molecule has 1 aliphatic rings. The number of nitrogens with two attached hydrogens (primary N) is 1. The highest BCUT2D eigenvalue weighted by Crippen LogP contribution is 2.31. The molecular formula is C13H20F3N3O4. The van der Waals surface area contributed by atoms with Gasteiger partial charge in [-0.1, -0.05) is 5.16 Å². The zero-order valence-electron chi connectivity index (χ0n) is 13.1. The number of hydrogen-bond donors (Lipinski definition) is 2. The van der Waals surface area contributed by atoms with E-state index in [0.717, 1.165) is 0 Å². The molecule has 1 amide bonds. The first-order chi connectivity index (χ1) is 10.4.